The van der Waals surface area contributed by atoms with Crippen molar-refractivity contribution in [1.82, 2.24) is 4.90 Å². The van der Waals surface area contributed by atoms with Crippen LogP contribution in [0.15, 0.2) is 45.6 Å². The van der Waals surface area contributed by atoms with Gasteiger partial charge >= 0.3 is 0 Å². The first kappa shape index (κ1) is 19.0. The number of nitrogens with zero attached hydrogens (tertiary/aromatic N) is 2. The molecule has 0 unspecified atom stereocenters. The van der Waals surface area contributed by atoms with E-state index in [1.54, 1.807) is 24.3 Å². The second kappa shape index (κ2) is 7.24. The molecule has 2 heterocycles. The number of nitriles is 1. The maximum Gasteiger partial charge on any atom is 0.197 e. The normalized spacial score (nSPS) is 19.5. The van der Waals surface area contributed by atoms with Crippen LogP contribution < -0.4 is 5.43 Å². The summed E-state index contributed by atoms with van der Waals surface area (Å²) in [6, 6.07) is 10.8. The summed E-state index contributed by atoms with van der Waals surface area (Å²) in [5.74, 6) is -0.514. The molecular weight excluding hydrogens is 372 g/mol. The van der Waals surface area contributed by atoms with E-state index in [1.165, 1.54) is 6.07 Å². The van der Waals surface area contributed by atoms with Crippen LogP contribution in [0, 0.1) is 11.3 Å². The Kier molecular flexibility index (Phi) is 4.74. The average Bonchev–Trinajstić information content (AvgIpc) is 3.07. The van der Waals surface area contributed by atoms with Gasteiger partial charge in [-0.25, -0.2) is 0 Å². The predicted molar refractivity (Wildman–Crippen MR) is 107 cm³/mol. The van der Waals surface area contributed by atoms with E-state index in [0.29, 0.717) is 23.1 Å². The minimum Gasteiger partial charge on any atom is -0.507 e. The van der Waals surface area contributed by atoms with Gasteiger partial charge in [0.25, 0.3) is 0 Å². The fourth-order valence-corrected chi connectivity index (χ4v) is 4.14. The maximum absolute atomic E-state index is 12.8. The molecule has 0 aliphatic carbocycles. The van der Waals surface area contributed by atoms with E-state index in [-0.39, 0.29) is 46.8 Å². The lowest BCUT2D eigenvalue weighted by atomic mass is 9.89. The predicted octanol–water partition coefficient (Wildman–Crippen LogP) is 2.52. The standard InChI is InChI=1S/C22H20N2O5/c1-24-7-6-14(15(24)11-25)20-16(26)8-17(27)21-18(28)9-19(29-22(20)21)13-4-2-12(10-23)3-5-13/h2-5,8-9,14-15,25-27H,6-7,11H2,1H3/t14-,15+/m1/s1. The fraction of sp³-hybridized carbons (Fsp3) is 0.273. The Morgan fingerprint density at radius 1 is 1.21 bits per heavy atom. The van der Waals surface area contributed by atoms with Gasteiger partial charge in [-0.3, -0.25) is 4.79 Å². The van der Waals surface area contributed by atoms with Crippen molar-refractivity contribution in [3.8, 4) is 28.9 Å². The van der Waals surface area contributed by atoms with Gasteiger partial charge in [-0.15, -0.1) is 0 Å². The number of likely N-dealkylation sites (tertiary alicyclic amines) is 1. The number of phenols is 2. The zero-order valence-corrected chi connectivity index (χ0v) is 15.8. The van der Waals surface area contributed by atoms with E-state index in [1.807, 2.05) is 18.0 Å². The zero-order chi connectivity index (χ0) is 20.7. The molecule has 148 valence electrons. The summed E-state index contributed by atoms with van der Waals surface area (Å²) in [7, 11) is 1.89. The average molecular weight is 392 g/mol. The first-order valence-corrected chi connectivity index (χ1v) is 9.29. The Morgan fingerprint density at radius 3 is 2.59 bits per heavy atom. The van der Waals surface area contributed by atoms with Crippen LogP contribution in [0.5, 0.6) is 11.5 Å². The number of hydrogen-bond acceptors (Lipinski definition) is 7. The van der Waals surface area contributed by atoms with Crippen molar-refractivity contribution >= 4 is 11.0 Å². The van der Waals surface area contributed by atoms with E-state index < -0.39 is 5.43 Å². The Bertz CT molecular complexity index is 1180. The fourth-order valence-electron chi connectivity index (χ4n) is 4.14. The Morgan fingerprint density at radius 2 is 1.93 bits per heavy atom. The molecule has 1 aliphatic rings. The quantitative estimate of drug-likeness (QED) is 0.627. The third kappa shape index (κ3) is 3.12. The number of benzene rings is 2. The van der Waals surface area contributed by atoms with Gasteiger partial charge < -0.3 is 24.6 Å². The molecule has 29 heavy (non-hydrogen) atoms. The molecule has 1 saturated heterocycles. The van der Waals surface area contributed by atoms with Crippen molar-refractivity contribution in [2.75, 3.05) is 20.2 Å². The molecule has 2 atom stereocenters. The Labute approximate surface area is 166 Å². The molecular formula is C22H20N2O5. The summed E-state index contributed by atoms with van der Waals surface area (Å²) in [4.78, 5) is 14.8. The summed E-state index contributed by atoms with van der Waals surface area (Å²) >= 11 is 0. The van der Waals surface area contributed by atoms with Gasteiger partial charge in [0.1, 0.15) is 28.2 Å². The van der Waals surface area contributed by atoms with E-state index in [9.17, 15) is 20.1 Å². The summed E-state index contributed by atoms with van der Waals surface area (Å²) in [6.07, 6.45) is 0.667. The lowest BCUT2D eigenvalue weighted by Gasteiger charge is -2.24. The summed E-state index contributed by atoms with van der Waals surface area (Å²) in [5.41, 5.74) is 1.17. The van der Waals surface area contributed by atoms with E-state index >= 15 is 0 Å². The molecule has 0 spiro atoms. The van der Waals surface area contributed by atoms with Gasteiger partial charge in [0, 0.05) is 35.2 Å². The first-order valence-electron chi connectivity index (χ1n) is 9.29. The molecule has 1 aromatic heterocycles. The zero-order valence-electron chi connectivity index (χ0n) is 15.8. The van der Waals surface area contributed by atoms with Crippen molar-refractivity contribution in [3.63, 3.8) is 0 Å². The van der Waals surface area contributed by atoms with Crippen LogP contribution in [-0.2, 0) is 0 Å². The smallest absolute Gasteiger partial charge is 0.197 e. The lowest BCUT2D eigenvalue weighted by molar-refractivity contribution is 0.172. The summed E-state index contributed by atoms with van der Waals surface area (Å²) < 4.78 is 6.03. The number of phenolic OH excluding ortho intramolecular Hbond substituents is 2. The molecule has 3 aromatic rings. The van der Waals surface area contributed by atoms with Crippen LogP contribution in [0.4, 0.5) is 0 Å². The van der Waals surface area contributed by atoms with Crippen LogP contribution >= 0.6 is 0 Å². The number of hydrogen-bond donors (Lipinski definition) is 3. The molecule has 0 amide bonds. The van der Waals surface area contributed by atoms with Gasteiger partial charge in [0.05, 0.1) is 18.2 Å². The second-order valence-electron chi connectivity index (χ2n) is 7.32. The third-order valence-corrected chi connectivity index (χ3v) is 5.68. The van der Waals surface area contributed by atoms with E-state index in [4.69, 9.17) is 9.68 Å². The Hall–Kier alpha value is -3.34. The van der Waals surface area contributed by atoms with Gasteiger partial charge in [-0.1, -0.05) is 0 Å². The SMILES string of the molecule is CN1CC[C@@H](c2c(O)cc(O)c3c(=O)cc(-c4ccc(C#N)cc4)oc23)[C@@H]1CO. The minimum atomic E-state index is -0.434. The highest BCUT2D eigenvalue weighted by Gasteiger charge is 2.36. The molecule has 0 bridgehead atoms. The largest absolute Gasteiger partial charge is 0.507 e. The number of fused-ring (bicyclic) bond motifs is 1. The molecule has 0 radical (unpaired) electrons. The van der Waals surface area contributed by atoms with Crippen molar-refractivity contribution in [3.05, 3.63) is 57.7 Å². The van der Waals surface area contributed by atoms with Crippen LogP contribution in [0.1, 0.15) is 23.5 Å². The highest BCUT2D eigenvalue weighted by Crippen LogP contribution is 2.44. The summed E-state index contributed by atoms with van der Waals surface area (Å²) in [6.45, 7) is 0.611. The van der Waals surface area contributed by atoms with Crippen LogP contribution in [0.2, 0.25) is 0 Å². The summed E-state index contributed by atoms with van der Waals surface area (Å²) in [5, 5.41) is 39.7. The monoisotopic (exact) mass is 392 g/mol. The van der Waals surface area contributed by atoms with E-state index in [2.05, 4.69) is 0 Å². The third-order valence-electron chi connectivity index (χ3n) is 5.68. The molecule has 7 heteroatoms. The number of aliphatic hydroxyl groups is 1. The molecule has 4 rings (SSSR count). The van der Waals surface area contributed by atoms with Gasteiger partial charge in [-0.2, -0.15) is 5.26 Å². The molecule has 0 saturated carbocycles. The second-order valence-corrected chi connectivity index (χ2v) is 7.32. The van der Waals surface area contributed by atoms with Gasteiger partial charge in [0.15, 0.2) is 5.43 Å². The van der Waals surface area contributed by atoms with Crippen molar-refractivity contribution in [1.29, 1.82) is 5.26 Å². The highest BCUT2D eigenvalue weighted by atomic mass is 16.3. The molecule has 7 nitrogen and oxygen atoms in total. The number of aromatic hydroxyl groups is 2. The van der Waals surface area contributed by atoms with Crippen LogP contribution in [-0.4, -0.2) is 46.5 Å². The number of aliphatic hydroxyl groups excluding tert-OH is 1. The highest BCUT2D eigenvalue weighted by molar-refractivity contribution is 5.89. The minimum absolute atomic E-state index is 0.00133. The topological polar surface area (TPSA) is 118 Å². The Balaban J connectivity index is 1.97. The van der Waals surface area contributed by atoms with Gasteiger partial charge in [-0.05, 0) is 44.3 Å². The maximum atomic E-state index is 12.8. The van der Waals surface area contributed by atoms with Crippen LogP contribution in [0.3, 0.4) is 0 Å². The molecule has 2 aromatic carbocycles. The first-order chi connectivity index (χ1) is 13.9. The van der Waals surface area contributed by atoms with E-state index in [0.717, 1.165) is 12.6 Å². The molecule has 1 fully saturated rings. The lowest BCUT2D eigenvalue weighted by Crippen LogP contribution is -2.32. The van der Waals surface area contributed by atoms with Crippen molar-refractivity contribution in [2.24, 2.45) is 0 Å². The van der Waals surface area contributed by atoms with Crippen molar-refractivity contribution in [2.45, 2.75) is 18.4 Å². The number of rotatable bonds is 3. The van der Waals surface area contributed by atoms with Crippen molar-refractivity contribution < 1.29 is 19.7 Å². The number of likely N-dealkylation sites (N-methyl/N-ethyl adjacent to an activating group) is 1. The van der Waals surface area contributed by atoms with Crippen LogP contribution in [0.25, 0.3) is 22.3 Å². The van der Waals surface area contributed by atoms with Gasteiger partial charge in [0.2, 0.25) is 0 Å². The molecule has 1 aliphatic heterocycles. The molecule has 3 N–H and O–H groups in total.